The third-order valence-corrected chi connectivity index (χ3v) is 9.61. The highest BCUT2D eigenvalue weighted by atomic mass is 16.7. The van der Waals surface area contributed by atoms with E-state index in [2.05, 4.69) is 13.8 Å². The zero-order valence-corrected chi connectivity index (χ0v) is 34.7. The molecule has 9 heteroatoms. The number of nitrogens with zero attached hydrogens (tertiary/aromatic N) is 1. The van der Waals surface area contributed by atoms with Gasteiger partial charge in [-0.2, -0.15) is 0 Å². The van der Waals surface area contributed by atoms with Crippen LogP contribution in [0.25, 0.3) is 0 Å². The molecule has 0 rings (SSSR count). The van der Waals surface area contributed by atoms with E-state index in [-0.39, 0.29) is 32.2 Å². The zero-order valence-electron chi connectivity index (χ0n) is 34.7. The lowest BCUT2D eigenvalue weighted by atomic mass is 10.0. The van der Waals surface area contributed by atoms with Crippen molar-refractivity contribution in [2.75, 3.05) is 47.5 Å². The minimum absolute atomic E-state index is 0.174. The Kier molecular flexibility index (Phi) is 35.1. The Morgan fingerprint density at radius 2 is 0.865 bits per heavy atom. The van der Waals surface area contributed by atoms with E-state index in [9.17, 15) is 19.5 Å². The first-order valence-corrected chi connectivity index (χ1v) is 21.7. The molecule has 0 heterocycles. The number of aliphatic carboxylic acids is 1. The van der Waals surface area contributed by atoms with Gasteiger partial charge in [0.1, 0.15) is 13.2 Å². The van der Waals surface area contributed by atoms with E-state index in [1.165, 1.54) is 135 Å². The van der Waals surface area contributed by atoms with Crippen LogP contribution in [0.4, 0.5) is 0 Å². The summed E-state index contributed by atoms with van der Waals surface area (Å²) < 4.78 is 22.7. The minimum Gasteiger partial charge on any atom is -0.477 e. The number of carboxylic acid groups (broad SMARTS) is 1. The van der Waals surface area contributed by atoms with Crippen LogP contribution in [0.5, 0.6) is 0 Å². The van der Waals surface area contributed by atoms with Crippen LogP contribution in [0, 0.1) is 0 Å². The van der Waals surface area contributed by atoms with E-state index < -0.39 is 24.3 Å². The Labute approximate surface area is 320 Å². The molecule has 0 aromatic carbocycles. The summed E-state index contributed by atoms with van der Waals surface area (Å²) in [4.78, 5) is 37.0. The second-order valence-corrected chi connectivity index (χ2v) is 16.0. The lowest BCUT2D eigenvalue weighted by Gasteiger charge is -2.25. The molecule has 0 aliphatic rings. The molecule has 2 unspecified atom stereocenters. The second kappa shape index (κ2) is 36.3. The molecular weight excluding hydrogens is 658 g/mol. The third-order valence-electron chi connectivity index (χ3n) is 9.61. The predicted molar refractivity (Wildman–Crippen MR) is 212 cm³/mol. The fourth-order valence-corrected chi connectivity index (χ4v) is 6.19. The lowest BCUT2D eigenvalue weighted by Crippen LogP contribution is -2.40. The van der Waals surface area contributed by atoms with Crippen molar-refractivity contribution in [2.45, 2.75) is 212 Å². The molecule has 9 nitrogen and oxygen atoms in total. The van der Waals surface area contributed by atoms with Gasteiger partial charge in [-0.3, -0.25) is 9.59 Å². The number of hydrogen-bond donors (Lipinski definition) is 1. The van der Waals surface area contributed by atoms with Crippen molar-refractivity contribution < 1.29 is 42.9 Å². The second-order valence-electron chi connectivity index (χ2n) is 16.0. The van der Waals surface area contributed by atoms with Crippen molar-refractivity contribution in [1.82, 2.24) is 0 Å². The van der Waals surface area contributed by atoms with Crippen LogP contribution >= 0.6 is 0 Å². The highest BCUT2D eigenvalue weighted by Crippen LogP contribution is 2.16. The van der Waals surface area contributed by atoms with Gasteiger partial charge in [0.15, 0.2) is 6.10 Å². The topological polar surface area (TPSA) is 108 Å². The quantitative estimate of drug-likeness (QED) is 0.0286. The maximum atomic E-state index is 12.7. The van der Waals surface area contributed by atoms with Gasteiger partial charge < -0.3 is 28.5 Å². The van der Waals surface area contributed by atoms with Crippen LogP contribution < -0.4 is 0 Å². The molecule has 308 valence electrons. The Hall–Kier alpha value is -1.71. The molecule has 0 aliphatic carbocycles. The van der Waals surface area contributed by atoms with Crippen molar-refractivity contribution in [2.24, 2.45) is 0 Å². The smallest absolute Gasteiger partial charge is 0.361 e. The van der Waals surface area contributed by atoms with Crippen molar-refractivity contribution in [3.05, 3.63) is 0 Å². The number of unbranched alkanes of at least 4 members (excludes halogenated alkanes) is 25. The van der Waals surface area contributed by atoms with E-state index >= 15 is 0 Å². The Balaban J connectivity index is 4.39. The normalized spacial score (nSPS) is 12.9. The van der Waals surface area contributed by atoms with Crippen molar-refractivity contribution in [3.8, 4) is 0 Å². The maximum absolute atomic E-state index is 12.7. The Morgan fingerprint density at radius 1 is 0.500 bits per heavy atom. The van der Waals surface area contributed by atoms with Crippen molar-refractivity contribution in [1.29, 1.82) is 0 Å². The van der Waals surface area contributed by atoms with Crippen molar-refractivity contribution in [3.63, 3.8) is 0 Å². The Bertz CT molecular complexity index is 830. The zero-order chi connectivity index (χ0) is 38.5. The van der Waals surface area contributed by atoms with Gasteiger partial charge in [0.25, 0.3) is 6.29 Å². The van der Waals surface area contributed by atoms with Gasteiger partial charge in [-0.05, 0) is 12.8 Å². The molecule has 0 fully saturated rings. The average Bonchev–Trinajstić information content (AvgIpc) is 3.09. The standard InChI is InChI=1S/C43H83NO8/c1-6-8-10-12-14-16-18-19-20-21-22-23-24-26-28-30-32-34-41(46)52-39(38-51-43(42(47)48)49-36-35-44(3,4)5)37-50-40(45)33-31-29-27-25-17-15-13-11-9-7-2/h39,43H,6-38H2,1-5H3/p+1. The summed E-state index contributed by atoms with van der Waals surface area (Å²) in [6.07, 6.45) is 31.6. The van der Waals surface area contributed by atoms with Crippen LogP contribution in [0.2, 0.25) is 0 Å². The summed E-state index contributed by atoms with van der Waals surface area (Å²) >= 11 is 0. The van der Waals surface area contributed by atoms with Gasteiger partial charge in [0, 0.05) is 12.8 Å². The molecule has 0 radical (unpaired) electrons. The number of ether oxygens (including phenoxy) is 4. The fourth-order valence-electron chi connectivity index (χ4n) is 6.19. The molecule has 2 atom stereocenters. The van der Waals surface area contributed by atoms with E-state index in [0.717, 1.165) is 38.5 Å². The van der Waals surface area contributed by atoms with E-state index in [0.29, 0.717) is 17.4 Å². The van der Waals surface area contributed by atoms with E-state index in [4.69, 9.17) is 18.9 Å². The number of carbonyl (C=O) groups is 3. The largest absolute Gasteiger partial charge is 0.477 e. The summed E-state index contributed by atoms with van der Waals surface area (Å²) in [5.74, 6) is -1.99. The first-order valence-electron chi connectivity index (χ1n) is 21.7. The summed E-state index contributed by atoms with van der Waals surface area (Å²) in [6.45, 7) is 4.88. The lowest BCUT2D eigenvalue weighted by molar-refractivity contribution is -0.870. The average molecular weight is 743 g/mol. The number of likely N-dealkylation sites (N-methyl/N-ethyl adjacent to an activating group) is 1. The van der Waals surface area contributed by atoms with Gasteiger partial charge >= 0.3 is 17.9 Å². The first-order chi connectivity index (χ1) is 25.1. The third kappa shape index (κ3) is 36.6. The SMILES string of the molecule is CCCCCCCCCCCCCCCCCCCC(=O)OC(COC(=O)CCCCCCCCCCCC)COC(OCC[N+](C)(C)C)C(=O)O. The molecule has 0 bridgehead atoms. The van der Waals surface area contributed by atoms with E-state index in [1.54, 1.807) is 0 Å². The van der Waals surface area contributed by atoms with Gasteiger partial charge in [-0.25, -0.2) is 4.79 Å². The summed E-state index contributed by atoms with van der Waals surface area (Å²) in [7, 11) is 5.96. The van der Waals surface area contributed by atoms with Crippen LogP contribution in [-0.2, 0) is 33.3 Å². The highest BCUT2D eigenvalue weighted by molar-refractivity contribution is 5.71. The van der Waals surface area contributed by atoms with E-state index in [1.807, 2.05) is 21.1 Å². The maximum Gasteiger partial charge on any atom is 0.361 e. The number of rotatable bonds is 40. The summed E-state index contributed by atoms with van der Waals surface area (Å²) in [6, 6.07) is 0. The predicted octanol–water partition coefficient (Wildman–Crippen LogP) is 10.9. The number of carboxylic acids is 1. The van der Waals surface area contributed by atoms with Gasteiger partial charge in [0.2, 0.25) is 0 Å². The molecule has 0 saturated heterocycles. The molecule has 0 aromatic rings. The molecule has 52 heavy (non-hydrogen) atoms. The minimum atomic E-state index is -1.50. The molecule has 0 aliphatic heterocycles. The van der Waals surface area contributed by atoms with Crippen LogP contribution in [0.15, 0.2) is 0 Å². The number of carbonyl (C=O) groups excluding carboxylic acids is 2. The Morgan fingerprint density at radius 3 is 1.23 bits per heavy atom. The highest BCUT2D eigenvalue weighted by Gasteiger charge is 2.25. The molecule has 1 N–H and O–H groups in total. The molecular formula is C43H84NO8+. The van der Waals surface area contributed by atoms with Crippen LogP contribution in [0.3, 0.4) is 0 Å². The molecule has 0 aromatic heterocycles. The van der Waals surface area contributed by atoms with Gasteiger partial charge in [0.05, 0.1) is 34.4 Å². The van der Waals surface area contributed by atoms with Gasteiger partial charge in [-0.15, -0.1) is 0 Å². The number of quaternary nitrogens is 1. The summed E-state index contributed by atoms with van der Waals surface area (Å²) in [5, 5.41) is 9.61. The molecule has 0 amide bonds. The summed E-state index contributed by atoms with van der Waals surface area (Å²) in [5.41, 5.74) is 0. The number of hydrogen-bond acceptors (Lipinski definition) is 7. The molecule has 0 saturated carbocycles. The van der Waals surface area contributed by atoms with Crippen LogP contribution in [-0.4, -0.2) is 87.4 Å². The van der Waals surface area contributed by atoms with Crippen molar-refractivity contribution >= 4 is 17.9 Å². The number of esters is 2. The monoisotopic (exact) mass is 743 g/mol. The molecule has 0 spiro atoms. The van der Waals surface area contributed by atoms with Gasteiger partial charge in [-0.1, -0.05) is 174 Å². The first kappa shape index (κ1) is 50.3. The van der Waals surface area contributed by atoms with Crippen LogP contribution in [0.1, 0.15) is 200 Å². The fraction of sp³-hybridized carbons (Fsp3) is 0.930.